The Hall–Kier alpha value is -0.0831. The molecule has 3 fully saturated rings. The molecule has 3 saturated carbocycles. The van der Waals surface area contributed by atoms with E-state index < -0.39 is 8.32 Å². The molecule has 164 valence electrons. The van der Waals surface area contributed by atoms with Crippen LogP contribution in [0.2, 0.25) is 18.1 Å². The van der Waals surface area contributed by atoms with Gasteiger partial charge < -0.3 is 4.43 Å². The minimum absolute atomic E-state index is 0.299. The Kier molecular flexibility index (Phi) is 7.10. The highest BCUT2D eigenvalue weighted by atomic mass is 28.4. The Morgan fingerprint density at radius 3 is 2.25 bits per heavy atom. The van der Waals surface area contributed by atoms with Gasteiger partial charge in [-0.25, -0.2) is 0 Å². The van der Waals surface area contributed by atoms with E-state index in [1.807, 2.05) is 0 Å². The number of rotatable bonds is 8. The fourth-order valence-corrected chi connectivity index (χ4v) is 7.21. The minimum atomic E-state index is -1.71. The predicted molar refractivity (Wildman–Crippen MR) is 127 cm³/mol. The largest absolute Gasteiger partial charge is 0.414 e. The minimum Gasteiger partial charge on any atom is -0.414 e. The molecule has 2 heteroatoms. The highest BCUT2D eigenvalue weighted by Gasteiger charge is 2.63. The van der Waals surface area contributed by atoms with Gasteiger partial charge in [-0.3, -0.25) is 0 Å². The molecule has 0 radical (unpaired) electrons. The van der Waals surface area contributed by atoms with E-state index in [1.165, 1.54) is 44.1 Å². The molecule has 0 N–H and O–H groups in total. The van der Waals surface area contributed by atoms with Crippen LogP contribution >= 0.6 is 0 Å². The molecule has 5 atom stereocenters. The topological polar surface area (TPSA) is 9.23 Å². The van der Waals surface area contributed by atoms with Crippen molar-refractivity contribution in [3.05, 3.63) is 11.6 Å². The average molecular weight is 407 g/mol. The van der Waals surface area contributed by atoms with Crippen molar-refractivity contribution in [3.8, 4) is 0 Å². The zero-order valence-electron chi connectivity index (χ0n) is 21.0. The Balaban J connectivity index is 2.05. The summed E-state index contributed by atoms with van der Waals surface area (Å²) in [6.07, 6.45) is 10.9. The number of hydrogen-bond acceptors (Lipinski definition) is 1. The zero-order valence-corrected chi connectivity index (χ0v) is 22.0. The Morgan fingerprint density at radius 2 is 1.75 bits per heavy atom. The second-order valence-electron chi connectivity index (χ2n) is 13.0. The molecule has 0 aliphatic heterocycles. The second kappa shape index (κ2) is 8.21. The summed E-state index contributed by atoms with van der Waals surface area (Å²) in [5, 5.41) is 0.299. The summed E-state index contributed by atoms with van der Waals surface area (Å²) in [4.78, 5) is 0. The van der Waals surface area contributed by atoms with E-state index in [4.69, 9.17) is 4.43 Å². The van der Waals surface area contributed by atoms with Gasteiger partial charge in [0, 0.05) is 6.10 Å². The first-order chi connectivity index (χ1) is 12.6. The van der Waals surface area contributed by atoms with Gasteiger partial charge in [-0.05, 0) is 92.7 Å². The van der Waals surface area contributed by atoms with Crippen molar-refractivity contribution in [1.82, 2.24) is 0 Å². The summed E-state index contributed by atoms with van der Waals surface area (Å²) in [7, 11) is -1.71. The van der Waals surface area contributed by atoms with Crippen LogP contribution in [0.1, 0.15) is 101 Å². The van der Waals surface area contributed by atoms with Gasteiger partial charge >= 0.3 is 0 Å². The van der Waals surface area contributed by atoms with Gasteiger partial charge in [0.15, 0.2) is 8.32 Å². The van der Waals surface area contributed by atoms with E-state index >= 15 is 0 Å². The van der Waals surface area contributed by atoms with Crippen LogP contribution in [0.3, 0.4) is 0 Å². The first kappa shape index (κ1) is 24.2. The lowest BCUT2D eigenvalue weighted by atomic mass is 9.39. The van der Waals surface area contributed by atoms with E-state index in [-0.39, 0.29) is 0 Å². The number of fused-ring (bicyclic) bond motifs is 2. The molecule has 28 heavy (non-hydrogen) atoms. The monoisotopic (exact) mass is 406 g/mol. The van der Waals surface area contributed by atoms with Crippen LogP contribution in [0.15, 0.2) is 11.6 Å². The standard InChI is InChI=1S/C26H50OSi/c1-19(2)13-12-14-20(3)15-16-26(9)18-22(21-17-23(26)25(21,7)8)27-28(10,11)24(4,5)6/h13,20-23H,12,14-18H2,1-11H3/t20-,21+,22-,23+,26-/m0/s1. The number of allylic oxidation sites excluding steroid dienone is 2. The molecule has 0 aromatic heterocycles. The summed E-state index contributed by atoms with van der Waals surface area (Å²) < 4.78 is 7.05. The van der Waals surface area contributed by atoms with Gasteiger partial charge in [-0.15, -0.1) is 0 Å². The van der Waals surface area contributed by atoms with Crippen LogP contribution in [0, 0.1) is 28.6 Å². The molecule has 0 unspecified atom stereocenters. The van der Waals surface area contributed by atoms with E-state index in [0.717, 1.165) is 17.8 Å². The van der Waals surface area contributed by atoms with Crippen molar-refractivity contribution in [3.63, 3.8) is 0 Å². The fourth-order valence-electron chi connectivity index (χ4n) is 5.85. The molecule has 0 aromatic carbocycles. The van der Waals surface area contributed by atoms with Crippen molar-refractivity contribution >= 4 is 8.32 Å². The third-order valence-electron chi connectivity index (χ3n) is 8.97. The molecule has 0 aromatic rings. The van der Waals surface area contributed by atoms with Crippen LogP contribution in [-0.4, -0.2) is 14.4 Å². The van der Waals surface area contributed by atoms with Gasteiger partial charge in [-0.2, -0.15) is 0 Å². The normalized spacial score (nSPS) is 33.2. The van der Waals surface area contributed by atoms with Crippen molar-refractivity contribution in [2.45, 2.75) is 125 Å². The molecule has 2 bridgehead atoms. The molecular weight excluding hydrogens is 356 g/mol. The van der Waals surface area contributed by atoms with E-state index in [0.29, 0.717) is 22.0 Å². The average Bonchev–Trinajstić information content (AvgIpc) is 2.50. The van der Waals surface area contributed by atoms with Crippen molar-refractivity contribution in [1.29, 1.82) is 0 Å². The maximum atomic E-state index is 7.05. The first-order valence-corrected chi connectivity index (χ1v) is 14.8. The van der Waals surface area contributed by atoms with Crippen LogP contribution < -0.4 is 0 Å². The summed E-state index contributed by atoms with van der Waals surface area (Å²) in [5.74, 6) is 2.48. The molecule has 3 aliphatic carbocycles. The highest BCUT2D eigenvalue weighted by molar-refractivity contribution is 6.74. The Bertz CT molecular complexity index is 563. The fraction of sp³-hybridized carbons (Fsp3) is 0.923. The third kappa shape index (κ3) is 4.97. The summed E-state index contributed by atoms with van der Waals surface area (Å²) in [5.41, 5.74) is 2.36. The van der Waals surface area contributed by atoms with Crippen LogP contribution in [0.25, 0.3) is 0 Å². The molecule has 3 rings (SSSR count). The zero-order chi connectivity index (χ0) is 21.5. The van der Waals surface area contributed by atoms with Crippen molar-refractivity contribution < 1.29 is 4.43 Å². The van der Waals surface area contributed by atoms with E-state index in [9.17, 15) is 0 Å². The smallest absolute Gasteiger partial charge is 0.192 e. The SMILES string of the molecule is CC(C)=CCC[C@H](C)CC[C@@]1(C)C[C@H](O[Si](C)(C)C(C)(C)C)[C@H]2C[C@@H]1C2(C)C. The van der Waals surface area contributed by atoms with E-state index in [2.05, 4.69) is 81.5 Å². The Morgan fingerprint density at radius 1 is 1.14 bits per heavy atom. The second-order valence-corrected chi connectivity index (χ2v) is 17.7. The van der Waals surface area contributed by atoms with Gasteiger partial charge in [0.1, 0.15) is 0 Å². The van der Waals surface area contributed by atoms with Gasteiger partial charge in [0.25, 0.3) is 0 Å². The van der Waals surface area contributed by atoms with E-state index in [1.54, 1.807) is 0 Å². The summed E-state index contributed by atoms with van der Waals surface area (Å²) in [6.45, 7) is 26.6. The number of hydrogen-bond donors (Lipinski definition) is 0. The molecule has 0 saturated heterocycles. The summed E-state index contributed by atoms with van der Waals surface area (Å²) >= 11 is 0. The van der Waals surface area contributed by atoms with Crippen molar-refractivity contribution in [2.75, 3.05) is 0 Å². The lowest BCUT2D eigenvalue weighted by molar-refractivity contribution is -0.205. The molecular formula is C26H50OSi. The first-order valence-electron chi connectivity index (χ1n) is 11.9. The van der Waals surface area contributed by atoms with Crippen molar-refractivity contribution in [2.24, 2.45) is 28.6 Å². The van der Waals surface area contributed by atoms with Gasteiger partial charge in [0.2, 0.25) is 0 Å². The predicted octanol–water partition coefficient (Wildman–Crippen LogP) is 8.61. The van der Waals surface area contributed by atoms with Crippen LogP contribution in [0.5, 0.6) is 0 Å². The lowest BCUT2D eigenvalue weighted by Gasteiger charge is -2.68. The molecule has 3 aliphatic rings. The molecule has 1 nitrogen and oxygen atoms in total. The molecule has 0 amide bonds. The molecule has 0 heterocycles. The summed E-state index contributed by atoms with van der Waals surface area (Å²) in [6, 6.07) is 0. The van der Waals surface area contributed by atoms with Crippen LogP contribution in [-0.2, 0) is 4.43 Å². The van der Waals surface area contributed by atoms with Gasteiger partial charge in [-0.1, -0.05) is 66.5 Å². The maximum Gasteiger partial charge on any atom is 0.192 e. The van der Waals surface area contributed by atoms with Gasteiger partial charge in [0.05, 0.1) is 0 Å². The lowest BCUT2D eigenvalue weighted by Crippen LogP contribution is -2.64. The quantitative estimate of drug-likeness (QED) is 0.289. The third-order valence-corrected chi connectivity index (χ3v) is 13.5. The highest BCUT2D eigenvalue weighted by Crippen LogP contribution is 2.68. The molecule has 0 spiro atoms. The Labute approximate surface area is 178 Å². The van der Waals surface area contributed by atoms with Crippen LogP contribution in [0.4, 0.5) is 0 Å². The maximum absolute atomic E-state index is 7.05.